The lowest BCUT2D eigenvalue weighted by Gasteiger charge is -2.08. The van der Waals surface area contributed by atoms with Crippen LogP contribution in [0.1, 0.15) is 96.8 Å². The normalized spacial score (nSPS) is 12.1. The molecule has 5 nitrogen and oxygen atoms in total. The number of aliphatic hydroxyl groups is 1. The summed E-state index contributed by atoms with van der Waals surface area (Å²) in [6.07, 6.45) is 18.9. The SMILES string of the molecule is CCCCCCCCCCCCCCCCOC[C@H](CO)N=[N+]=[N-]. The lowest BCUT2D eigenvalue weighted by Crippen LogP contribution is -2.17. The fourth-order valence-electron chi connectivity index (χ4n) is 2.81. The predicted molar refractivity (Wildman–Crippen MR) is 101 cm³/mol. The van der Waals surface area contributed by atoms with Crippen LogP contribution in [0, 0.1) is 0 Å². The van der Waals surface area contributed by atoms with Crippen molar-refractivity contribution in [3.8, 4) is 0 Å². The first-order valence-corrected chi connectivity index (χ1v) is 10.1. The van der Waals surface area contributed by atoms with Crippen LogP contribution < -0.4 is 0 Å². The van der Waals surface area contributed by atoms with Crippen molar-refractivity contribution in [2.75, 3.05) is 19.8 Å². The largest absolute Gasteiger partial charge is 0.396 e. The molecular weight excluding hydrogens is 302 g/mol. The molecule has 0 aromatic rings. The van der Waals surface area contributed by atoms with Gasteiger partial charge >= 0.3 is 0 Å². The number of aliphatic hydroxyl groups excluding tert-OH is 1. The van der Waals surface area contributed by atoms with E-state index in [4.69, 9.17) is 15.4 Å². The van der Waals surface area contributed by atoms with E-state index in [1.807, 2.05) is 0 Å². The molecule has 1 atom stereocenters. The molecule has 24 heavy (non-hydrogen) atoms. The molecule has 0 aliphatic carbocycles. The van der Waals surface area contributed by atoms with E-state index in [1.165, 1.54) is 83.5 Å². The van der Waals surface area contributed by atoms with Gasteiger partial charge in [-0.3, -0.25) is 0 Å². The van der Waals surface area contributed by atoms with Gasteiger partial charge in [-0.2, -0.15) is 0 Å². The maximum Gasteiger partial charge on any atom is 0.0838 e. The number of nitrogens with zero attached hydrogens (tertiary/aromatic N) is 3. The van der Waals surface area contributed by atoms with Crippen LogP contribution in [0.3, 0.4) is 0 Å². The van der Waals surface area contributed by atoms with Gasteiger partial charge in [-0.15, -0.1) is 0 Å². The molecule has 0 fully saturated rings. The third kappa shape index (κ3) is 17.6. The fourth-order valence-corrected chi connectivity index (χ4v) is 2.81. The average molecular weight is 342 g/mol. The van der Waals surface area contributed by atoms with Crippen molar-refractivity contribution in [2.45, 2.75) is 103 Å². The van der Waals surface area contributed by atoms with Crippen LogP contribution in [0.2, 0.25) is 0 Å². The number of hydrogen-bond donors (Lipinski definition) is 1. The minimum atomic E-state index is -0.443. The number of ether oxygens (including phenoxy) is 1. The number of hydrogen-bond acceptors (Lipinski definition) is 3. The molecule has 0 aromatic carbocycles. The van der Waals surface area contributed by atoms with Gasteiger partial charge in [-0.25, -0.2) is 0 Å². The molecule has 142 valence electrons. The van der Waals surface area contributed by atoms with E-state index in [0.29, 0.717) is 13.2 Å². The molecule has 0 saturated heterocycles. The highest BCUT2D eigenvalue weighted by atomic mass is 16.5. The van der Waals surface area contributed by atoms with Crippen LogP contribution in [0.5, 0.6) is 0 Å². The standard InChI is InChI=1S/C19H39N3O2/c1-2-3-4-5-6-7-8-9-10-11-12-13-14-15-16-24-18-19(17-23)21-22-20/h19,23H,2-18H2,1H3/t19-/m0/s1. The van der Waals surface area contributed by atoms with Crippen molar-refractivity contribution < 1.29 is 9.84 Å². The average Bonchev–Trinajstić information content (AvgIpc) is 2.60. The minimum absolute atomic E-state index is 0.150. The molecule has 0 heterocycles. The van der Waals surface area contributed by atoms with E-state index in [9.17, 15) is 0 Å². The Hall–Kier alpha value is -0.770. The maximum absolute atomic E-state index is 8.94. The second-order valence-electron chi connectivity index (χ2n) is 6.71. The molecule has 0 bridgehead atoms. The first-order chi connectivity index (χ1) is 11.8. The first kappa shape index (κ1) is 23.2. The van der Waals surface area contributed by atoms with Crippen LogP contribution in [-0.4, -0.2) is 31.0 Å². The zero-order valence-corrected chi connectivity index (χ0v) is 15.8. The van der Waals surface area contributed by atoms with Crippen molar-refractivity contribution in [1.82, 2.24) is 0 Å². The van der Waals surface area contributed by atoms with E-state index in [0.717, 1.165) is 6.42 Å². The highest BCUT2D eigenvalue weighted by Gasteiger charge is 2.03. The van der Waals surface area contributed by atoms with E-state index in [2.05, 4.69) is 16.9 Å². The number of unbranched alkanes of at least 4 members (excludes halogenated alkanes) is 13. The summed E-state index contributed by atoms with van der Waals surface area (Å²) in [5, 5.41) is 12.4. The molecule has 0 aromatic heterocycles. The fraction of sp³-hybridized carbons (Fsp3) is 1.00. The quantitative estimate of drug-likeness (QED) is 0.132. The minimum Gasteiger partial charge on any atom is -0.396 e. The van der Waals surface area contributed by atoms with Crippen LogP contribution in [0.25, 0.3) is 10.4 Å². The highest BCUT2D eigenvalue weighted by molar-refractivity contribution is 4.64. The van der Waals surface area contributed by atoms with Gasteiger partial charge < -0.3 is 9.84 Å². The summed E-state index contributed by atoms with van der Waals surface area (Å²) < 4.78 is 5.42. The first-order valence-electron chi connectivity index (χ1n) is 10.1. The lowest BCUT2D eigenvalue weighted by molar-refractivity contribution is 0.0981. The van der Waals surface area contributed by atoms with Gasteiger partial charge in [0.25, 0.3) is 0 Å². The van der Waals surface area contributed by atoms with Gasteiger partial charge in [0.1, 0.15) is 0 Å². The van der Waals surface area contributed by atoms with Crippen LogP contribution in [0.15, 0.2) is 5.11 Å². The van der Waals surface area contributed by atoms with E-state index in [1.54, 1.807) is 0 Å². The van der Waals surface area contributed by atoms with Crippen LogP contribution in [-0.2, 0) is 4.74 Å². The van der Waals surface area contributed by atoms with Gasteiger partial charge in [0.2, 0.25) is 0 Å². The zero-order chi connectivity index (χ0) is 17.7. The molecule has 0 spiro atoms. The molecule has 0 radical (unpaired) electrons. The van der Waals surface area contributed by atoms with Crippen LogP contribution in [0.4, 0.5) is 0 Å². The van der Waals surface area contributed by atoms with Gasteiger partial charge in [0, 0.05) is 11.5 Å². The summed E-state index contributed by atoms with van der Waals surface area (Å²) in [5.74, 6) is 0. The topological polar surface area (TPSA) is 78.2 Å². The Morgan fingerprint density at radius 1 is 0.833 bits per heavy atom. The summed E-state index contributed by atoms with van der Waals surface area (Å²) >= 11 is 0. The van der Waals surface area contributed by atoms with E-state index in [-0.39, 0.29) is 6.61 Å². The second-order valence-corrected chi connectivity index (χ2v) is 6.71. The Morgan fingerprint density at radius 3 is 1.71 bits per heavy atom. The molecule has 0 amide bonds. The van der Waals surface area contributed by atoms with Gasteiger partial charge in [-0.05, 0) is 12.0 Å². The number of azide groups is 1. The number of rotatable bonds is 19. The molecule has 5 heteroatoms. The Balaban J connectivity index is 3.11. The molecule has 0 unspecified atom stereocenters. The molecule has 0 saturated carbocycles. The third-order valence-electron chi connectivity index (χ3n) is 4.38. The summed E-state index contributed by atoms with van der Waals surface area (Å²) in [6, 6.07) is -0.443. The second kappa shape index (κ2) is 20.3. The molecule has 0 aliphatic heterocycles. The van der Waals surface area contributed by atoms with Gasteiger partial charge in [0.05, 0.1) is 19.3 Å². The summed E-state index contributed by atoms with van der Waals surface area (Å²) in [6.45, 7) is 3.13. The Bertz CT molecular complexity index is 294. The summed E-state index contributed by atoms with van der Waals surface area (Å²) in [4.78, 5) is 2.68. The molecule has 0 aliphatic rings. The molecule has 0 rings (SSSR count). The van der Waals surface area contributed by atoms with Crippen molar-refractivity contribution in [2.24, 2.45) is 5.11 Å². The highest BCUT2D eigenvalue weighted by Crippen LogP contribution is 2.12. The van der Waals surface area contributed by atoms with Crippen molar-refractivity contribution in [1.29, 1.82) is 0 Å². The van der Waals surface area contributed by atoms with E-state index >= 15 is 0 Å². The lowest BCUT2D eigenvalue weighted by atomic mass is 10.0. The Kier molecular flexibility index (Phi) is 19.6. The predicted octanol–water partition coefficient (Wildman–Crippen LogP) is 6.16. The van der Waals surface area contributed by atoms with Gasteiger partial charge in [0.15, 0.2) is 0 Å². The monoisotopic (exact) mass is 341 g/mol. The van der Waals surface area contributed by atoms with Crippen molar-refractivity contribution in [3.05, 3.63) is 10.4 Å². The van der Waals surface area contributed by atoms with Crippen molar-refractivity contribution >= 4 is 0 Å². The zero-order valence-electron chi connectivity index (χ0n) is 15.8. The van der Waals surface area contributed by atoms with Gasteiger partial charge in [-0.1, -0.05) is 95.5 Å². The Labute approximate surface area is 148 Å². The third-order valence-corrected chi connectivity index (χ3v) is 4.38. The molecule has 1 N–H and O–H groups in total. The molecular formula is C19H39N3O2. The Morgan fingerprint density at radius 2 is 1.29 bits per heavy atom. The van der Waals surface area contributed by atoms with Crippen molar-refractivity contribution in [3.63, 3.8) is 0 Å². The van der Waals surface area contributed by atoms with Crippen LogP contribution >= 0.6 is 0 Å². The summed E-state index contributed by atoms with van der Waals surface area (Å²) in [7, 11) is 0. The smallest absolute Gasteiger partial charge is 0.0838 e. The maximum atomic E-state index is 8.94. The summed E-state index contributed by atoms with van der Waals surface area (Å²) in [5.41, 5.74) is 8.29. The van der Waals surface area contributed by atoms with E-state index < -0.39 is 6.04 Å².